The Morgan fingerprint density at radius 1 is 1.40 bits per heavy atom. The van der Waals surface area contributed by atoms with Gasteiger partial charge in [-0.25, -0.2) is 8.42 Å². The van der Waals surface area contributed by atoms with Gasteiger partial charge in [-0.15, -0.1) is 11.6 Å². The second kappa shape index (κ2) is 7.34. The van der Waals surface area contributed by atoms with Crippen LogP contribution in [0.15, 0.2) is 39.8 Å². The molecule has 3 rings (SSSR count). The zero-order valence-electron chi connectivity index (χ0n) is 13.1. The van der Waals surface area contributed by atoms with Gasteiger partial charge in [0.05, 0.1) is 4.90 Å². The number of halogens is 1. The van der Waals surface area contributed by atoms with Crippen LogP contribution in [0, 0.1) is 6.92 Å². The smallest absolute Gasteiger partial charge is 0.751 e. The molecule has 0 bridgehead atoms. The molecule has 2 aromatic rings. The Bertz CT molecular complexity index is 901. The average Bonchev–Trinajstić information content (AvgIpc) is 2.91. The number of nitrogens with one attached hydrogen (secondary N) is 1. The molecule has 2 unspecified atom stereocenters. The van der Waals surface area contributed by atoms with Crippen molar-refractivity contribution in [2.45, 2.75) is 21.4 Å². The standard InChI is InChI=1S/C13H12ClN3O4S3.Na/c1-7-6-10(15-21-7)16-24(19,20)9-4-2-8(3-5-9)17-12(18)11(14)13(17,22)23;/h2-6,11,22-23H,1H3,(H,15,16);/q;+1/p-1. The van der Waals surface area contributed by atoms with Crippen molar-refractivity contribution in [1.29, 1.82) is 0 Å². The van der Waals surface area contributed by atoms with Crippen molar-refractivity contribution in [2.24, 2.45) is 0 Å². The van der Waals surface area contributed by atoms with E-state index < -0.39 is 19.6 Å². The van der Waals surface area contributed by atoms with Gasteiger partial charge in [-0.2, -0.15) is 12.6 Å². The molecule has 25 heavy (non-hydrogen) atoms. The van der Waals surface area contributed by atoms with Gasteiger partial charge in [-0.1, -0.05) is 5.16 Å². The SMILES string of the molecule is Cc1cc(NS(=O)(=O)c2ccc(N3C(=O)C(Cl)C3([S-])S)cc2)no1.[Na+]. The number of aryl methyl sites for hydroxylation is 1. The molecule has 1 fully saturated rings. The number of amides is 1. The van der Waals surface area contributed by atoms with E-state index in [9.17, 15) is 13.2 Å². The van der Waals surface area contributed by atoms with Gasteiger partial charge in [0.15, 0.2) is 5.82 Å². The Kier molecular flexibility index (Phi) is 6.15. The van der Waals surface area contributed by atoms with E-state index in [0.29, 0.717) is 11.4 Å². The zero-order valence-corrected chi connectivity index (χ0v) is 18.4. The van der Waals surface area contributed by atoms with Gasteiger partial charge in [0.2, 0.25) is 5.91 Å². The van der Waals surface area contributed by atoms with Crippen LogP contribution < -0.4 is 39.2 Å². The Morgan fingerprint density at radius 2 is 2.00 bits per heavy atom. The van der Waals surface area contributed by atoms with Crippen LogP contribution in [0.5, 0.6) is 0 Å². The van der Waals surface area contributed by atoms with Crippen molar-refractivity contribution in [1.82, 2.24) is 5.16 Å². The van der Waals surface area contributed by atoms with Crippen LogP contribution in [0.2, 0.25) is 0 Å². The number of hydrogen-bond donors (Lipinski definition) is 2. The minimum atomic E-state index is -3.83. The molecule has 12 heteroatoms. The van der Waals surface area contributed by atoms with Crippen molar-refractivity contribution in [2.75, 3.05) is 9.62 Å². The maximum absolute atomic E-state index is 12.3. The number of rotatable bonds is 4. The first-order valence-electron chi connectivity index (χ1n) is 6.60. The van der Waals surface area contributed by atoms with Crippen LogP contribution in [-0.4, -0.2) is 29.1 Å². The van der Waals surface area contributed by atoms with Gasteiger partial charge in [-0.3, -0.25) is 9.52 Å². The number of anilines is 2. The summed E-state index contributed by atoms with van der Waals surface area (Å²) in [6.07, 6.45) is 0. The van der Waals surface area contributed by atoms with Gasteiger partial charge in [0.25, 0.3) is 10.0 Å². The molecule has 1 aliphatic heterocycles. The molecule has 0 aliphatic carbocycles. The fraction of sp³-hybridized carbons (Fsp3) is 0.231. The number of benzene rings is 1. The maximum Gasteiger partial charge on any atom is 1.00 e. The molecule has 0 saturated carbocycles. The van der Waals surface area contributed by atoms with Crippen LogP contribution in [-0.2, 0) is 27.4 Å². The Hall–Kier alpha value is -0.360. The second-order valence-corrected chi connectivity index (χ2v) is 8.84. The predicted octanol–water partition coefficient (Wildman–Crippen LogP) is -1.13. The fourth-order valence-electron chi connectivity index (χ4n) is 2.18. The summed E-state index contributed by atoms with van der Waals surface area (Å²) in [5, 5.41) is 2.67. The molecular formula is C13H11ClN3NaO4S3. The third-order valence-corrected chi connectivity index (χ3v) is 6.39. The molecule has 2 heterocycles. The number of sulfonamides is 1. The molecule has 7 nitrogen and oxygen atoms in total. The Labute approximate surface area is 182 Å². The Morgan fingerprint density at radius 3 is 2.48 bits per heavy atom. The molecule has 0 radical (unpaired) electrons. The van der Waals surface area contributed by atoms with Crippen molar-refractivity contribution >= 4 is 64.3 Å². The summed E-state index contributed by atoms with van der Waals surface area (Å²) < 4.78 is 30.4. The topological polar surface area (TPSA) is 92.5 Å². The van der Waals surface area contributed by atoms with Crippen molar-refractivity contribution in [3.05, 3.63) is 36.1 Å². The van der Waals surface area contributed by atoms with E-state index in [1.54, 1.807) is 6.92 Å². The molecule has 0 spiro atoms. The molecule has 1 N–H and O–H groups in total. The number of thiol groups is 1. The summed E-state index contributed by atoms with van der Waals surface area (Å²) >= 11 is 15.2. The van der Waals surface area contributed by atoms with Crippen LogP contribution in [0.3, 0.4) is 0 Å². The number of aromatic nitrogens is 1. The molecule has 128 valence electrons. The number of alkyl halides is 1. The first-order chi connectivity index (χ1) is 11.1. The molecule has 2 atom stereocenters. The van der Waals surface area contributed by atoms with E-state index >= 15 is 0 Å². The Balaban J connectivity index is 0.00000225. The third kappa shape index (κ3) is 3.85. The van der Waals surface area contributed by atoms with E-state index in [0.717, 1.165) is 0 Å². The summed E-state index contributed by atoms with van der Waals surface area (Å²) in [5.41, 5.74) is 0.415. The van der Waals surface area contributed by atoms with Gasteiger partial charge >= 0.3 is 29.6 Å². The van der Waals surface area contributed by atoms with Crippen molar-refractivity contribution in [3.63, 3.8) is 0 Å². The van der Waals surface area contributed by atoms with Gasteiger partial charge < -0.3 is 22.1 Å². The van der Waals surface area contributed by atoms with E-state index in [2.05, 4.69) is 22.5 Å². The first-order valence-corrected chi connectivity index (χ1v) is 9.37. The van der Waals surface area contributed by atoms with Crippen molar-refractivity contribution < 1.29 is 47.3 Å². The van der Waals surface area contributed by atoms with E-state index in [1.807, 2.05) is 0 Å². The van der Waals surface area contributed by atoms with Gasteiger partial charge in [0.1, 0.15) is 11.1 Å². The van der Waals surface area contributed by atoms with E-state index in [4.69, 9.17) is 28.8 Å². The quantitative estimate of drug-likeness (QED) is 0.211. The van der Waals surface area contributed by atoms with Gasteiger partial charge in [-0.05, 0) is 35.4 Å². The first kappa shape index (κ1) is 20.9. The number of carbonyl (C=O) groups excluding carboxylic acids is 1. The summed E-state index contributed by atoms with van der Waals surface area (Å²) in [7, 11) is -3.83. The normalized spacial score (nSPS) is 23.0. The molecular weight excluding hydrogens is 417 g/mol. The number of β-lactam (4-membered cyclic amide) rings is 1. The van der Waals surface area contributed by atoms with Gasteiger partial charge in [0, 0.05) is 11.8 Å². The number of carbonyl (C=O) groups is 1. The van der Waals surface area contributed by atoms with Crippen LogP contribution in [0.25, 0.3) is 0 Å². The van der Waals surface area contributed by atoms with Crippen molar-refractivity contribution in [3.8, 4) is 0 Å². The minimum Gasteiger partial charge on any atom is -0.751 e. The molecule has 1 aromatic heterocycles. The van der Waals surface area contributed by atoms with E-state index in [-0.39, 0.29) is 46.2 Å². The van der Waals surface area contributed by atoms with Crippen LogP contribution in [0.4, 0.5) is 11.5 Å². The number of hydrogen-bond acceptors (Lipinski definition) is 7. The summed E-state index contributed by atoms with van der Waals surface area (Å²) in [6.45, 7) is 1.65. The van der Waals surface area contributed by atoms with E-state index in [1.165, 1.54) is 35.2 Å². The van der Waals surface area contributed by atoms with Crippen LogP contribution in [0.1, 0.15) is 5.76 Å². The minimum absolute atomic E-state index is 0. The third-order valence-electron chi connectivity index (χ3n) is 3.36. The fourth-order valence-corrected chi connectivity index (χ4v) is 3.98. The summed E-state index contributed by atoms with van der Waals surface area (Å²) in [5.74, 6) is 0.179. The molecule has 1 amide bonds. The summed E-state index contributed by atoms with van der Waals surface area (Å²) in [4.78, 5) is 13.1. The second-order valence-electron chi connectivity index (χ2n) is 5.12. The van der Waals surface area contributed by atoms with Crippen LogP contribution >= 0.6 is 24.2 Å². The maximum atomic E-state index is 12.3. The molecule has 1 aromatic carbocycles. The zero-order chi connectivity index (χ0) is 17.7. The average molecular weight is 428 g/mol. The monoisotopic (exact) mass is 427 g/mol. The summed E-state index contributed by atoms with van der Waals surface area (Å²) in [6, 6.07) is 7.07. The largest absolute Gasteiger partial charge is 1.00 e. The molecule has 1 saturated heterocycles. The number of nitrogens with zero attached hydrogens (tertiary/aromatic N) is 2. The predicted molar refractivity (Wildman–Crippen MR) is 94.7 cm³/mol. The molecule has 1 aliphatic rings.